The Bertz CT molecular complexity index is 1120. The summed E-state index contributed by atoms with van der Waals surface area (Å²) >= 11 is 1.50. The fourth-order valence-corrected chi connectivity index (χ4v) is 3.97. The molecule has 0 unspecified atom stereocenters. The number of thiophene rings is 1. The molecule has 0 radical (unpaired) electrons. The fourth-order valence-electron chi connectivity index (χ4n) is 3.32. The van der Waals surface area contributed by atoms with E-state index in [2.05, 4.69) is 10.6 Å². The Morgan fingerprint density at radius 1 is 1.00 bits per heavy atom. The highest BCUT2D eigenvalue weighted by molar-refractivity contribution is 7.10. The Morgan fingerprint density at radius 3 is 2.48 bits per heavy atom. The predicted octanol–water partition coefficient (Wildman–Crippen LogP) is 4.59. The molecule has 0 fully saturated rings. The molecule has 0 saturated carbocycles. The van der Waals surface area contributed by atoms with Gasteiger partial charge in [0.2, 0.25) is 0 Å². The third-order valence-corrected chi connectivity index (χ3v) is 5.91. The van der Waals surface area contributed by atoms with Gasteiger partial charge in [0.15, 0.2) is 11.5 Å². The second kappa shape index (κ2) is 11.9. The summed E-state index contributed by atoms with van der Waals surface area (Å²) in [7, 11) is 3.21. The van der Waals surface area contributed by atoms with Crippen molar-refractivity contribution in [2.75, 3.05) is 20.8 Å². The van der Waals surface area contributed by atoms with Crippen molar-refractivity contribution in [2.24, 2.45) is 0 Å². The molecule has 2 amide bonds. The summed E-state index contributed by atoms with van der Waals surface area (Å²) in [6, 6.07) is 16.9. The molecule has 1 heterocycles. The van der Waals surface area contributed by atoms with Crippen LogP contribution in [0.3, 0.4) is 0 Å². The molecule has 0 aliphatic rings. The highest BCUT2D eigenvalue weighted by Gasteiger charge is 2.16. The first-order chi connectivity index (χ1) is 16.0. The van der Waals surface area contributed by atoms with Gasteiger partial charge in [-0.2, -0.15) is 0 Å². The van der Waals surface area contributed by atoms with E-state index in [-0.39, 0.29) is 17.5 Å². The van der Waals surface area contributed by atoms with Crippen LogP contribution in [0.5, 0.6) is 11.5 Å². The Balaban J connectivity index is 1.62. The van der Waals surface area contributed by atoms with Crippen molar-refractivity contribution < 1.29 is 19.1 Å². The van der Waals surface area contributed by atoms with E-state index in [9.17, 15) is 9.59 Å². The standard InChI is InChI=1S/C26H28N2O4S/c1-18-8-4-5-11-21(18)25(29)28-22(17-20-10-7-15-33-20)26(30)27-14-6-9-19-12-13-23(31-2)24(16-19)32-3/h4-5,7-8,10-13,15-17H,6,9,14H2,1-3H3,(H,27,30)(H,28,29)/b22-17-. The molecular weight excluding hydrogens is 436 g/mol. The van der Waals surface area contributed by atoms with E-state index in [4.69, 9.17) is 9.47 Å². The number of carbonyl (C=O) groups is 2. The summed E-state index contributed by atoms with van der Waals surface area (Å²) in [4.78, 5) is 26.6. The van der Waals surface area contributed by atoms with E-state index in [0.717, 1.165) is 28.8 Å². The lowest BCUT2D eigenvalue weighted by molar-refractivity contribution is -0.117. The molecule has 0 spiro atoms. The predicted molar refractivity (Wildman–Crippen MR) is 132 cm³/mol. The zero-order valence-electron chi connectivity index (χ0n) is 19.0. The summed E-state index contributed by atoms with van der Waals surface area (Å²) in [6.45, 7) is 2.33. The van der Waals surface area contributed by atoms with Gasteiger partial charge in [-0.15, -0.1) is 11.3 Å². The molecule has 0 aliphatic carbocycles. The van der Waals surface area contributed by atoms with Gasteiger partial charge >= 0.3 is 0 Å². The Morgan fingerprint density at radius 2 is 1.79 bits per heavy atom. The molecule has 0 aliphatic heterocycles. The minimum Gasteiger partial charge on any atom is -0.493 e. The van der Waals surface area contributed by atoms with Crippen LogP contribution >= 0.6 is 11.3 Å². The van der Waals surface area contributed by atoms with Crippen molar-refractivity contribution in [3.8, 4) is 11.5 Å². The maximum atomic E-state index is 12.9. The lowest BCUT2D eigenvalue weighted by Crippen LogP contribution is -2.35. The number of ether oxygens (including phenoxy) is 2. The van der Waals surface area contributed by atoms with Gasteiger partial charge in [0, 0.05) is 17.0 Å². The van der Waals surface area contributed by atoms with Crippen molar-refractivity contribution in [3.05, 3.63) is 87.2 Å². The molecule has 3 rings (SSSR count). The van der Waals surface area contributed by atoms with Crippen molar-refractivity contribution in [1.29, 1.82) is 0 Å². The van der Waals surface area contributed by atoms with Crippen LogP contribution in [0, 0.1) is 6.92 Å². The van der Waals surface area contributed by atoms with Gasteiger partial charge in [-0.3, -0.25) is 9.59 Å². The summed E-state index contributed by atoms with van der Waals surface area (Å²) in [5.41, 5.74) is 2.69. The van der Waals surface area contributed by atoms with Gasteiger partial charge in [0.1, 0.15) is 5.70 Å². The monoisotopic (exact) mass is 464 g/mol. The number of aryl methyl sites for hydroxylation is 2. The van der Waals surface area contributed by atoms with Crippen LogP contribution in [0.2, 0.25) is 0 Å². The van der Waals surface area contributed by atoms with E-state index in [1.54, 1.807) is 32.4 Å². The van der Waals surface area contributed by atoms with E-state index >= 15 is 0 Å². The van der Waals surface area contributed by atoms with Gasteiger partial charge in [-0.05, 0) is 66.6 Å². The van der Waals surface area contributed by atoms with Crippen LogP contribution in [0.15, 0.2) is 65.7 Å². The third kappa shape index (κ3) is 6.70. The number of hydrogen-bond acceptors (Lipinski definition) is 5. The first kappa shape index (κ1) is 24.1. The third-order valence-electron chi connectivity index (χ3n) is 5.09. The minimum absolute atomic E-state index is 0.219. The Labute approximate surface area is 198 Å². The molecular formula is C26H28N2O4S. The fraction of sp³-hybridized carbons (Fsp3) is 0.231. The van der Waals surface area contributed by atoms with Crippen LogP contribution in [0.1, 0.15) is 32.8 Å². The van der Waals surface area contributed by atoms with Gasteiger partial charge in [0.05, 0.1) is 14.2 Å². The van der Waals surface area contributed by atoms with Crippen LogP contribution in [0.4, 0.5) is 0 Å². The highest BCUT2D eigenvalue weighted by Crippen LogP contribution is 2.27. The second-order valence-electron chi connectivity index (χ2n) is 7.39. The van der Waals surface area contributed by atoms with Crippen LogP contribution < -0.4 is 20.1 Å². The van der Waals surface area contributed by atoms with Crippen molar-refractivity contribution >= 4 is 29.2 Å². The molecule has 2 N–H and O–H groups in total. The summed E-state index contributed by atoms with van der Waals surface area (Å²) < 4.78 is 10.6. The first-order valence-corrected chi connectivity index (χ1v) is 11.5. The van der Waals surface area contributed by atoms with Crippen molar-refractivity contribution in [2.45, 2.75) is 19.8 Å². The number of methoxy groups -OCH3 is 2. The highest BCUT2D eigenvalue weighted by atomic mass is 32.1. The maximum absolute atomic E-state index is 12.9. The number of nitrogens with one attached hydrogen (secondary N) is 2. The Kier molecular flexibility index (Phi) is 8.66. The normalized spacial score (nSPS) is 11.1. The van der Waals surface area contributed by atoms with Crippen LogP contribution in [-0.4, -0.2) is 32.6 Å². The van der Waals surface area contributed by atoms with Crippen molar-refractivity contribution in [1.82, 2.24) is 10.6 Å². The molecule has 0 bridgehead atoms. The first-order valence-electron chi connectivity index (χ1n) is 10.6. The molecule has 0 saturated heterocycles. The van der Waals surface area contributed by atoms with Gasteiger partial charge < -0.3 is 20.1 Å². The average molecular weight is 465 g/mol. The maximum Gasteiger partial charge on any atom is 0.267 e. The molecule has 172 valence electrons. The molecule has 33 heavy (non-hydrogen) atoms. The average Bonchev–Trinajstić information content (AvgIpc) is 3.34. The second-order valence-corrected chi connectivity index (χ2v) is 8.37. The SMILES string of the molecule is COc1ccc(CCCNC(=O)/C(=C/c2cccs2)NC(=O)c2ccccc2C)cc1OC. The molecule has 1 aromatic heterocycles. The summed E-state index contributed by atoms with van der Waals surface area (Å²) in [5, 5.41) is 7.62. The number of benzene rings is 2. The number of carbonyl (C=O) groups excluding carboxylic acids is 2. The molecule has 2 aromatic carbocycles. The van der Waals surface area contributed by atoms with E-state index in [1.165, 1.54) is 11.3 Å². The van der Waals surface area contributed by atoms with Crippen LogP contribution in [-0.2, 0) is 11.2 Å². The zero-order chi connectivity index (χ0) is 23.6. The Hall–Kier alpha value is -3.58. The van der Waals surface area contributed by atoms with E-state index < -0.39 is 0 Å². The van der Waals surface area contributed by atoms with E-state index in [1.807, 2.05) is 54.8 Å². The minimum atomic E-state index is -0.322. The lowest BCUT2D eigenvalue weighted by atomic mass is 10.1. The topological polar surface area (TPSA) is 76.7 Å². The van der Waals surface area contributed by atoms with Crippen LogP contribution in [0.25, 0.3) is 6.08 Å². The van der Waals surface area contributed by atoms with Gasteiger partial charge in [-0.25, -0.2) is 0 Å². The molecule has 3 aromatic rings. The largest absolute Gasteiger partial charge is 0.493 e. The number of amides is 2. The number of hydrogen-bond donors (Lipinski definition) is 2. The lowest BCUT2D eigenvalue weighted by Gasteiger charge is -2.12. The molecule has 7 heteroatoms. The quantitative estimate of drug-likeness (QED) is 0.340. The zero-order valence-corrected chi connectivity index (χ0v) is 19.8. The molecule has 0 atom stereocenters. The smallest absolute Gasteiger partial charge is 0.267 e. The van der Waals surface area contributed by atoms with Gasteiger partial charge in [0.25, 0.3) is 11.8 Å². The van der Waals surface area contributed by atoms with Crippen molar-refractivity contribution in [3.63, 3.8) is 0 Å². The summed E-state index contributed by atoms with van der Waals surface area (Å²) in [6.07, 6.45) is 3.20. The molecule has 6 nitrogen and oxygen atoms in total. The van der Waals surface area contributed by atoms with E-state index in [0.29, 0.717) is 23.6 Å². The number of rotatable bonds is 10. The van der Waals surface area contributed by atoms with Gasteiger partial charge in [-0.1, -0.05) is 30.3 Å². The summed E-state index contributed by atoms with van der Waals surface area (Å²) in [5.74, 6) is 0.732.